The standard InChI is InChI=1S/C27H32F4.C21H23F3.C20H16F2/c1-2-3-17-4-6-18(7-5-17)19-8-10-20(11-9-19)21-12-13-23(24(28)14-21)22-15-25(29)27(31)26(30)16-22;1-2-3-14-4-6-15(7-5-14)16-8-10-17(11-9-16)18-12-19(22)21(24)20(23)13-18;1-2-3-14-4-6-15(7-5-14)16-8-10-17(11-9-16)18-12-19(21)20(22)13-18/h12-20H,2-11H2,1H3;8-15H,2-7H2,1H3;2-12H,13H2,1H3/b;;3-2+. The fourth-order valence-corrected chi connectivity index (χ4v) is 12.4. The molecule has 0 heterocycles. The molecule has 0 spiro atoms. The van der Waals surface area contributed by atoms with E-state index in [9.17, 15) is 39.5 Å². The van der Waals surface area contributed by atoms with Crippen molar-refractivity contribution in [3.8, 4) is 33.4 Å². The fraction of sp³-hybridized carbons (Fsp3) is 0.382. The van der Waals surface area contributed by atoms with E-state index in [1.807, 2.05) is 67.6 Å². The Bertz CT molecular complexity index is 2930. The summed E-state index contributed by atoms with van der Waals surface area (Å²) in [6.45, 7) is 6.51. The van der Waals surface area contributed by atoms with Crippen molar-refractivity contribution < 1.29 is 39.5 Å². The molecule has 0 saturated heterocycles. The largest absolute Gasteiger partial charge is 0.208 e. The zero-order valence-corrected chi connectivity index (χ0v) is 44.6. The Balaban J connectivity index is 0.000000155. The highest BCUT2D eigenvalue weighted by molar-refractivity contribution is 5.75. The maximum atomic E-state index is 14.8. The normalized spacial score (nSPS) is 21.5. The molecular formula is C68H71F9. The molecule has 6 aromatic rings. The van der Waals surface area contributed by atoms with Gasteiger partial charge in [0.2, 0.25) is 0 Å². The van der Waals surface area contributed by atoms with E-state index in [2.05, 4.69) is 44.2 Å². The molecule has 4 aliphatic carbocycles. The SMILES string of the molecule is C/C=C/c1ccc(-c2ccc(C3=CC(F)=C(F)C3)cc2)cc1.CCCC1CCC(C2CCC(c3ccc(-c4cc(F)c(F)c(F)c4)c(F)c3)CC2)CC1.CCCC1CCC(c2ccc(-c3cc(F)c(F)c(F)c3)cc2)CC1. The van der Waals surface area contributed by atoms with Crippen LogP contribution in [0.1, 0.15) is 164 Å². The summed E-state index contributed by atoms with van der Waals surface area (Å²) in [5.41, 5.74) is 8.34. The maximum absolute atomic E-state index is 14.8. The second-order valence-corrected chi connectivity index (χ2v) is 21.9. The first-order valence-corrected chi connectivity index (χ1v) is 28.0. The van der Waals surface area contributed by atoms with Gasteiger partial charge in [0.05, 0.1) is 0 Å². The topological polar surface area (TPSA) is 0 Å². The van der Waals surface area contributed by atoms with Crippen LogP contribution >= 0.6 is 0 Å². The molecule has 406 valence electrons. The summed E-state index contributed by atoms with van der Waals surface area (Å²) < 4.78 is 121. The summed E-state index contributed by atoms with van der Waals surface area (Å²) in [5, 5.41) is 0. The minimum atomic E-state index is -1.53. The van der Waals surface area contributed by atoms with Gasteiger partial charge in [-0.1, -0.05) is 149 Å². The smallest absolute Gasteiger partial charge is 0.194 e. The van der Waals surface area contributed by atoms with Crippen molar-refractivity contribution in [2.45, 2.75) is 142 Å². The van der Waals surface area contributed by atoms with E-state index < -0.39 is 52.4 Å². The lowest BCUT2D eigenvalue weighted by Gasteiger charge is -2.38. The van der Waals surface area contributed by atoms with Crippen LogP contribution in [0.3, 0.4) is 0 Å². The van der Waals surface area contributed by atoms with Crippen LogP contribution < -0.4 is 0 Å². The van der Waals surface area contributed by atoms with E-state index in [1.54, 1.807) is 6.07 Å². The van der Waals surface area contributed by atoms with Gasteiger partial charge in [0, 0.05) is 12.0 Å². The van der Waals surface area contributed by atoms with E-state index >= 15 is 0 Å². The Labute approximate surface area is 450 Å². The van der Waals surface area contributed by atoms with E-state index in [4.69, 9.17) is 0 Å². The minimum absolute atomic E-state index is 0.0165. The Hall–Kier alpha value is -6.09. The molecule has 3 fully saturated rings. The number of hydrogen-bond donors (Lipinski definition) is 0. The number of allylic oxidation sites excluding steroid dienone is 5. The Morgan fingerprint density at radius 3 is 1.31 bits per heavy atom. The minimum Gasteiger partial charge on any atom is -0.208 e. The first kappa shape index (κ1) is 57.1. The molecule has 10 rings (SSSR count). The fourth-order valence-electron chi connectivity index (χ4n) is 12.4. The summed E-state index contributed by atoms with van der Waals surface area (Å²) in [4.78, 5) is 0. The average molecular weight is 1060 g/mol. The van der Waals surface area contributed by atoms with Gasteiger partial charge in [0.15, 0.2) is 40.7 Å². The van der Waals surface area contributed by atoms with Crippen molar-refractivity contribution in [1.29, 1.82) is 0 Å². The van der Waals surface area contributed by atoms with Gasteiger partial charge in [0.1, 0.15) is 11.6 Å². The lowest BCUT2D eigenvalue weighted by molar-refractivity contribution is 0.156. The summed E-state index contributed by atoms with van der Waals surface area (Å²) in [6.07, 6.45) is 25.7. The molecule has 0 nitrogen and oxygen atoms in total. The van der Waals surface area contributed by atoms with Crippen molar-refractivity contribution in [2.75, 3.05) is 0 Å². The van der Waals surface area contributed by atoms with Crippen LogP contribution in [0, 0.1) is 64.4 Å². The van der Waals surface area contributed by atoms with Gasteiger partial charge in [-0.15, -0.1) is 0 Å². The molecule has 0 radical (unpaired) electrons. The Morgan fingerprint density at radius 2 is 0.831 bits per heavy atom. The molecule has 3 saturated carbocycles. The van der Waals surface area contributed by atoms with Gasteiger partial charge >= 0.3 is 0 Å². The van der Waals surface area contributed by atoms with Crippen LogP contribution in [-0.4, -0.2) is 0 Å². The first-order valence-electron chi connectivity index (χ1n) is 28.0. The molecule has 0 amide bonds. The molecule has 4 aliphatic rings. The molecule has 0 unspecified atom stereocenters. The highest BCUT2D eigenvalue weighted by atomic mass is 19.2. The summed E-state index contributed by atoms with van der Waals surface area (Å²) in [5.74, 6) is -5.44. The maximum Gasteiger partial charge on any atom is 0.194 e. The molecule has 0 N–H and O–H groups in total. The highest BCUT2D eigenvalue weighted by Crippen LogP contribution is 2.45. The van der Waals surface area contributed by atoms with Gasteiger partial charge in [-0.25, -0.2) is 39.5 Å². The van der Waals surface area contributed by atoms with E-state index in [0.29, 0.717) is 28.5 Å². The zero-order chi connectivity index (χ0) is 54.6. The molecule has 0 aliphatic heterocycles. The molecule has 77 heavy (non-hydrogen) atoms. The zero-order valence-electron chi connectivity index (χ0n) is 44.6. The molecular weight excluding hydrogens is 988 g/mol. The van der Waals surface area contributed by atoms with Crippen LogP contribution in [-0.2, 0) is 0 Å². The summed E-state index contributed by atoms with van der Waals surface area (Å²) in [7, 11) is 0. The van der Waals surface area contributed by atoms with Crippen molar-refractivity contribution in [3.63, 3.8) is 0 Å². The number of hydrogen-bond acceptors (Lipinski definition) is 0. The Kier molecular flexibility index (Phi) is 20.0. The second kappa shape index (κ2) is 27.0. The highest BCUT2D eigenvalue weighted by Gasteiger charge is 2.32. The van der Waals surface area contributed by atoms with Crippen molar-refractivity contribution in [3.05, 3.63) is 202 Å². The number of halogens is 9. The third-order valence-electron chi connectivity index (χ3n) is 16.8. The Morgan fingerprint density at radius 1 is 0.416 bits per heavy atom. The van der Waals surface area contributed by atoms with E-state index in [-0.39, 0.29) is 17.5 Å². The molecule has 9 heteroatoms. The summed E-state index contributed by atoms with van der Waals surface area (Å²) in [6, 6.07) is 32.6. The predicted molar refractivity (Wildman–Crippen MR) is 297 cm³/mol. The quantitative estimate of drug-likeness (QED) is 0.0846. The molecule has 0 aromatic heterocycles. The van der Waals surface area contributed by atoms with Crippen LogP contribution in [0.15, 0.2) is 139 Å². The van der Waals surface area contributed by atoms with Crippen molar-refractivity contribution in [2.24, 2.45) is 23.7 Å². The lowest BCUT2D eigenvalue weighted by atomic mass is 9.68. The van der Waals surface area contributed by atoms with Gasteiger partial charge in [-0.2, -0.15) is 0 Å². The van der Waals surface area contributed by atoms with Crippen LogP contribution in [0.2, 0.25) is 0 Å². The lowest BCUT2D eigenvalue weighted by Crippen LogP contribution is -2.25. The van der Waals surface area contributed by atoms with Crippen LogP contribution in [0.4, 0.5) is 39.5 Å². The predicted octanol–water partition coefficient (Wildman–Crippen LogP) is 22.0. The van der Waals surface area contributed by atoms with E-state index in [1.165, 1.54) is 108 Å². The van der Waals surface area contributed by atoms with Gasteiger partial charge in [0.25, 0.3) is 0 Å². The second-order valence-electron chi connectivity index (χ2n) is 21.9. The number of benzene rings is 6. The molecule has 0 bridgehead atoms. The monoisotopic (exact) mass is 1060 g/mol. The molecule has 6 aromatic carbocycles. The van der Waals surface area contributed by atoms with Crippen LogP contribution in [0.25, 0.3) is 45.0 Å². The van der Waals surface area contributed by atoms with Gasteiger partial charge < -0.3 is 0 Å². The average Bonchev–Trinajstić information content (AvgIpc) is 3.79. The third kappa shape index (κ3) is 14.7. The first-order chi connectivity index (χ1) is 37.2. The molecule has 0 atom stereocenters. The summed E-state index contributed by atoms with van der Waals surface area (Å²) >= 11 is 0. The number of rotatable bonds is 12. The van der Waals surface area contributed by atoms with Crippen LogP contribution in [0.5, 0.6) is 0 Å². The van der Waals surface area contributed by atoms with Gasteiger partial charge in [-0.05, 0) is 199 Å². The van der Waals surface area contributed by atoms with E-state index in [0.717, 1.165) is 88.6 Å². The van der Waals surface area contributed by atoms with Crippen molar-refractivity contribution >= 4 is 11.6 Å². The van der Waals surface area contributed by atoms with Crippen molar-refractivity contribution in [1.82, 2.24) is 0 Å². The van der Waals surface area contributed by atoms with Gasteiger partial charge in [-0.3, -0.25) is 0 Å². The third-order valence-corrected chi connectivity index (χ3v) is 16.8.